The first-order valence-corrected chi connectivity index (χ1v) is 17.6. The second-order valence-corrected chi connectivity index (χ2v) is 14.4. The Hall–Kier alpha value is -4.07. The van der Waals surface area contributed by atoms with Gasteiger partial charge in [-0.2, -0.15) is 0 Å². The number of carbonyl (C=O) groups excluding carboxylic acids is 1. The van der Waals surface area contributed by atoms with E-state index in [9.17, 15) is 27.1 Å². The quantitative estimate of drug-likeness (QED) is 0.155. The molecule has 10 nitrogen and oxygen atoms in total. The minimum atomic E-state index is -3.61. The fraction of sp³-hybridized carbons (Fsp3) is 0.429. The third-order valence-corrected chi connectivity index (χ3v) is 9.69. The number of nitrogens with one attached hydrogen (secondary N) is 2. The van der Waals surface area contributed by atoms with Gasteiger partial charge in [0.25, 0.3) is 5.91 Å². The molecular weight excluding hydrogens is 642 g/mol. The summed E-state index contributed by atoms with van der Waals surface area (Å²) in [6, 6.07) is 14.2. The SMILES string of the molecule is COc1cccc(CNC[C@@H](O)[C@H](Cc2cc(F)cc(F)c2)NC(=O)c2cc(/C(C)=N\OCC(C)C)cc(N3CCCCS3(=O)=O)c2)c1. The standard InChI is InChI=1S/C35H44F2N4O6S/c1-23(2)22-47-40-24(3)27-16-28(18-31(17-27)41-10-5-6-11-48(41,44)45)35(43)39-33(15-26-12-29(36)19-30(37)13-26)34(42)21-38-20-25-8-7-9-32(14-25)46-4/h7-9,12-14,16-19,23,33-34,38,42H,5-6,10-11,15,20-22H2,1-4H3,(H,39,43)/b40-24-/t33-,34+/m0/s1. The van der Waals surface area contributed by atoms with E-state index in [1.807, 2.05) is 38.1 Å². The zero-order chi connectivity index (χ0) is 34.8. The van der Waals surface area contributed by atoms with Crippen LogP contribution in [0.4, 0.5) is 14.5 Å². The van der Waals surface area contributed by atoms with E-state index in [-0.39, 0.29) is 42.3 Å². The number of hydrogen-bond donors (Lipinski definition) is 3. The van der Waals surface area contributed by atoms with Gasteiger partial charge < -0.3 is 25.3 Å². The van der Waals surface area contributed by atoms with Crippen LogP contribution in [0.3, 0.4) is 0 Å². The maximum atomic E-state index is 14.1. The van der Waals surface area contributed by atoms with Crippen LogP contribution in [-0.4, -0.2) is 69.8 Å². The van der Waals surface area contributed by atoms with Crippen LogP contribution in [0, 0.1) is 17.6 Å². The number of aliphatic hydroxyl groups excluding tert-OH is 1. The van der Waals surface area contributed by atoms with Gasteiger partial charge in [0.15, 0.2) is 0 Å². The monoisotopic (exact) mass is 686 g/mol. The van der Waals surface area contributed by atoms with Crippen molar-refractivity contribution in [3.05, 3.63) is 94.6 Å². The average Bonchev–Trinajstić information content (AvgIpc) is 3.03. The van der Waals surface area contributed by atoms with Crippen molar-refractivity contribution in [1.29, 1.82) is 0 Å². The predicted octanol–water partition coefficient (Wildman–Crippen LogP) is 4.79. The number of aliphatic hydroxyl groups is 1. The molecule has 0 saturated carbocycles. The second-order valence-electron chi connectivity index (χ2n) is 12.3. The third-order valence-electron chi connectivity index (χ3n) is 7.82. The molecule has 48 heavy (non-hydrogen) atoms. The number of methoxy groups -OCH3 is 1. The van der Waals surface area contributed by atoms with Crippen LogP contribution in [0.1, 0.15) is 60.7 Å². The number of carbonyl (C=O) groups is 1. The fourth-order valence-electron chi connectivity index (χ4n) is 5.32. The van der Waals surface area contributed by atoms with Crippen molar-refractivity contribution in [2.75, 3.05) is 36.9 Å². The summed E-state index contributed by atoms with van der Waals surface area (Å²) in [6.07, 6.45) is -0.0548. The number of rotatable bonds is 15. The molecular formula is C35H44F2N4O6S. The number of benzene rings is 3. The molecule has 1 heterocycles. The second kappa shape index (κ2) is 16.8. The first-order valence-electron chi connectivity index (χ1n) is 15.9. The van der Waals surface area contributed by atoms with Crippen LogP contribution in [0.5, 0.6) is 5.75 Å². The number of hydrogen-bond acceptors (Lipinski definition) is 8. The van der Waals surface area contributed by atoms with Crippen LogP contribution in [0.2, 0.25) is 0 Å². The maximum Gasteiger partial charge on any atom is 0.251 e. The van der Waals surface area contributed by atoms with Gasteiger partial charge in [-0.15, -0.1) is 0 Å². The normalized spacial score (nSPS) is 16.0. The summed E-state index contributed by atoms with van der Waals surface area (Å²) in [4.78, 5) is 19.3. The van der Waals surface area contributed by atoms with Crippen molar-refractivity contribution in [1.82, 2.24) is 10.6 Å². The van der Waals surface area contributed by atoms with E-state index in [2.05, 4.69) is 15.8 Å². The molecule has 0 unspecified atom stereocenters. The lowest BCUT2D eigenvalue weighted by Gasteiger charge is -2.29. The van der Waals surface area contributed by atoms with Crippen molar-refractivity contribution in [2.24, 2.45) is 11.1 Å². The smallest absolute Gasteiger partial charge is 0.251 e. The summed E-state index contributed by atoms with van der Waals surface area (Å²) in [6.45, 7) is 6.71. The Morgan fingerprint density at radius 3 is 2.44 bits per heavy atom. The van der Waals surface area contributed by atoms with Gasteiger partial charge in [0.05, 0.1) is 36.4 Å². The molecule has 1 amide bonds. The van der Waals surface area contributed by atoms with Crippen LogP contribution in [0.15, 0.2) is 65.8 Å². The van der Waals surface area contributed by atoms with E-state index in [1.165, 1.54) is 10.4 Å². The van der Waals surface area contributed by atoms with Gasteiger partial charge in [0.1, 0.15) is 24.0 Å². The lowest BCUT2D eigenvalue weighted by molar-refractivity contribution is 0.0829. The average molecular weight is 687 g/mol. The van der Waals surface area contributed by atoms with Crippen molar-refractivity contribution in [2.45, 2.75) is 58.7 Å². The van der Waals surface area contributed by atoms with Crippen molar-refractivity contribution >= 4 is 27.3 Å². The number of oxime groups is 1. The zero-order valence-electron chi connectivity index (χ0n) is 27.7. The Morgan fingerprint density at radius 2 is 1.75 bits per heavy atom. The molecule has 2 atom stereocenters. The molecule has 0 radical (unpaired) electrons. The largest absolute Gasteiger partial charge is 0.497 e. The Kier molecular flexibility index (Phi) is 12.9. The molecule has 13 heteroatoms. The van der Waals surface area contributed by atoms with E-state index in [4.69, 9.17) is 9.57 Å². The molecule has 1 aliphatic heterocycles. The van der Waals surface area contributed by atoms with Crippen LogP contribution < -0.4 is 19.7 Å². The molecule has 3 N–H and O–H groups in total. The third kappa shape index (κ3) is 10.5. The summed E-state index contributed by atoms with van der Waals surface area (Å²) in [5.74, 6) is -1.28. The molecule has 0 bridgehead atoms. The molecule has 0 aromatic heterocycles. The highest BCUT2D eigenvalue weighted by Crippen LogP contribution is 2.27. The highest BCUT2D eigenvalue weighted by Gasteiger charge is 2.28. The number of anilines is 1. The van der Waals surface area contributed by atoms with Crippen LogP contribution in [-0.2, 0) is 27.8 Å². The fourth-order valence-corrected chi connectivity index (χ4v) is 6.94. The zero-order valence-corrected chi connectivity index (χ0v) is 28.5. The van der Waals surface area contributed by atoms with Gasteiger partial charge in [-0.25, -0.2) is 17.2 Å². The van der Waals surface area contributed by atoms with Gasteiger partial charge in [0.2, 0.25) is 10.0 Å². The predicted molar refractivity (Wildman–Crippen MR) is 182 cm³/mol. The Bertz CT molecular complexity index is 1680. The number of sulfonamides is 1. The first kappa shape index (κ1) is 36.8. The van der Waals surface area contributed by atoms with Crippen molar-refractivity contribution < 1.29 is 36.7 Å². The van der Waals surface area contributed by atoms with Crippen molar-refractivity contribution in [3.63, 3.8) is 0 Å². The molecule has 1 fully saturated rings. The molecule has 0 spiro atoms. The van der Waals surface area contributed by atoms with Gasteiger partial charge in [0, 0.05) is 36.8 Å². The van der Waals surface area contributed by atoms with E-state index < -0.39 is 39.7 Å². The van der Waals surface area contributed by atoms with Gasteiger partial charge in [-0.1, -0.05) is 31.1 Å². The molecule has 0 aliphatic carbocycles. The van der Waals surface area contributed by atoms with E-state index >= 15 is 0 Å². The first-order chi connectivity index (χ1) is 22.8. The maximum absolute atomic E-state index is 14.1. The molecule has 4 rings (SSSR count). The Balaban J connectivity index is 1.62. The Morgan fingerprint density at radius 1 is 1.02 bits per heavy atom. The number of nitrogens with zero attached hydrogens (tertiary/aromatic N) is 2. The summed E-state index contributed by atoms with van der Waals surface area (Å²) >= 11 is 0. The summed E-state index contributed by atoms with van der Waals surface area (Å²) in [7, 11) is -2.04. The van der Waals surface area contributed by atoms with Gasteiger partial charge in [-0.05, 0) is 85.7 Å². The number of amides is 1. The lowest BCUT2D eigenvalue weighted by Crippen LogP contribution is -2.48. The number of halogens is 2. The molecule has 1 saturated heterocycles. The topological polar surface area (TPSA) is 130 Å². The highest BCUT2D eigenvalue weighted by atomic mass is 32.2. The Labute approximate surface area is 281 Å². The van der Waals surface area contributed by atoms with E-state index in [0.717, 1.165) is 23.8 Å². The minimum absolute atomic E-state index is 0.00937. The lowest BCUT2D eigenvalue weighted by atomic mass is 9.99. The van der Waals surface area contributed by atoms with Gasteiger partial charge >= 0.3 is 0 Å². The molecule has 3 aromatic rings. The van der Waals surface area contributed by atoms with Crippen LogP contribution in [0.25, 0.3) is 0 Å². The molecule has 260 valence electrons. The number of ether oxygens (including phenoxy) is 1. The minimum Gasteiger partial charge on any atom is -0.497 e. The van der Waals surface area contributed by atoms with Crippen LogP contribution >= 0.6 is 0 Å². The summed E-state index contributed by atoms with van der Waals surface area (Å²) in [5.41, 5.74) is 2.49. The van der Waals surface area contributed by atoms with E-state index in [1.54, 1.807) is 26.2 Å². The van der Waals surface area contributed by atoms with Gasteiger partial charge in [-0.3, -0.25) is 9.10 Å². The summed E-state index contributed by atoms with van der Waals surface area (Å²) < 4.78 is 60.8. The molecule has 3 aromatic carbocycles. The highest BCUT2D eigenvalue weighted by molar-refractivity contribution is 7.92. The summed E-state index contributed by atoms with van der Waals surface area (Å²) in [5, 5.41) is 21.5. The molecule has 1 aliphatic rings. The van der Waals surface area contributed by atoms with E-state index in [0.29, 0.717) is 48.7 Å². The van der Waals surface area contributed by atoms with Crippen molar-refractivity contribution in [3.8, 4) is 5.75 Å².